The van der Waals surface area contributed by atoms with Crippen LogP contribution in [0.15, 0.2) is 30.5 Å². The predicted molar refractivity (Wildman–Crippen MR) is 126 cm³/mol. The molecule has 1 aromatic carbocycles. The number of benzene rings is 1. The smallest absolute Gasteiger partial charge is 0.227 e. The number of amides is 1. The van der Waals surface area contributed by atoms with Gasteiger partial charge in [-0.05, 0) is 27.1 Å². The summed E-state index contributed by atoms with van der Waals surface area (Å²) in [5.41, 5.74) is 2.25. The Labute approximate surface area is 188 Å². The summed E-state index contributed by atoms with van der Waals surface area (Å²) in [6, 6.07) is 8.67. The zero-order valence-corrected chi connectivity index (χ0v) is 19.6. The van der Waals surface area contributed by atoms with Crippen LogP contribution in [-0.4, -0.2) is 82.6 Å². The molecule has 1 saturated heterocycles. The SMILES string of the molecule is CC(=O)NCC1CN(c2nnc(-c3cn(C)c4ccccc34)n2CC(C)N(C)C)CCO1. The summed E-state index contributed by atoms with van der Waals surface area (Å²) in [5.74, 6) is 1.67. The zero-order chi connectivity index (χ0) is 22.8. The summed E-state index contributed by atoms with van der Waals surface area (Å²) in [6.07, 6.45) is 2.05. The number of anilines is 1. The highest BCUT2D eigenvalue weighted by molar-refractivity contribution is 5.94. The van der Waals surface area contributed by atoms with Crippen molar-refractivity contribution in [3.05, 3.63) is 30.5 Å². The number of hydrogen-bond donors (Lipinski definition) is 1. The maximum atomic E-state index is 11.3. The average molecular weight is 440 g/mol. The minimum atomic E-state index is -0.0786. The van der Waals surface area contributed by atoms with Crippen molar-refractivity contribution in [3.63, 3.8) is 0 Å². The molecular formula is C23H33N7O2. The molecule has 2 atom stereocenters. The Hall–Kier alpha value is -2.91. The molecule has 0 saturated carbocycles. The third kappa shape index (κ3) is 4.49. The second-order valence-electron chi connectivity index (χ2n) is 8.79. The summed E-state index contributed by atoms with van der Waals surface area (Å²) in [5, 5.41) is 13.3. The van der Waals surface area contributed by atoms with Gasteiger partial charge in [-0.1, -0.05) is 18.2 Å². The van der Waals surface area contributed by atoms with E-state index in [9.17, 15) is 4.79 Å². The molecule has 2 unspecified atom stereocenters. The lowest BCUT2D eigenvalue weighted by atomic mass is 10.1. The minimum absolute atomic E-state index is 0.0491. The largest absolute Gasteiger partial charge is 0.373 e. The first-order valence-corrected chi connectivity index (χ1v) is 11.1. The Balaban J connectivity index is 1.72. The van der Waals surface area contributed by atoms with Crippen molar-refractivity contribution in [3.8, 4) is 11.4 Å². The van der Waals surface area contributed by atoms with Crippen molar-refractivity contribution in [2.75, 3.05) is 45.2 Å². The number of fused-ring (bicyclic) bond motifs is 1. The van der Waals surface area contributed by atoms with E-state index in [1.807, 2.05) is 0 Å². The van der Waals surface area contributed by atoms with E-state index in [0.717, 1.165) is 30.4 Å². The van der Waals surface area contributed by atoms with E-state index in [1.54, 1.807) is 0 Å². The van der Waals surface area contributed by atoms with Gasteiger partial charge in [-0.15, -0.1) is 10.2 Å². The quantitative estimate of drug-likeness (QED) is 0.604. The molecule has 0 spiro atoms. The van der Waals surface area contributed by atoms with Crippen LogP contribution in [0.1, 0.15) is 13.8 Å². The number of carbonyl (C=O) groups excluding carboxylic acids is 1. The minimum Gasteiger partial charge on any atom is -0.373 e. The number of likely N-dealkylation sites (N-methyl/N-ethyl adjacent to an activating group) is 1. The molecule has 0 aliphatic carbocycles. The predicted octanol–water partition coefficient (Wildman–Crippen LogP) is 1.73. The maximum absolute atomic E-state index is 11.3. The molecule has 172 valence electrons. The van der Waals surface area contributed by atoms with Crippen LogP contribution in [0.5, 0.6) is 0 Å². The lowest BCUT2D eigenvalue weighted by molar-refractivity contribution is -0.119. The van der Waals surface area contributed by atoms with Crippen molar-refractivity contribution in [1.29, 1.82) is 0 Å². The Morgan fingerprint density at radius 1 is 1.31 bits per heavy atom. The first-order valence-electron chi connectivity index (χ1n) is 11.1. The fraction of sp³-hybridized carbons (Fsp3) is 0.522. The van der Waals surface area contributed by atoms with Crippen LogP contribution in [0.3, 0.4) is 0 Å². The standard InChI is InChI=1S/C23H33N7O2/c1-16(27(3)4)13-30-22(20-15-28(5)21-9-7-6-8-19(20)21)25-26-23(30)29-10-11-32-18(14-29)12-24-17(2)31/h6-9,15-16,18H,10-14H2,1-5H3,(H,24,31). The van der Waals surface area contributed by atoms with Gasteiger partial charge in [0.05, 0.1) is 12.7 Å². The van der Waals surface area contributed by atoms with E-state index < -0.39 is 0 Å². The molecule has 1 N–H and O–H groups in total. The first kappa shape index (κ1) is 22.3. The first-order chi connectivity index (χ1) is 15.3. The van der Waals surface area contributed by atoms with Gasteiger partial charge in [-0.25, -0.2) is 0 Å². The molecule has 1 amide bonds. The normalized spacial score (nSPS) is 17.8. The second-order valence-corrected chi connectivity index (χ2v) is 8.79. The van der Waals surface area contributed by atoms with Gasteiger partial charge in [0.25, 0.3) is 0 Å². The number of aromatic nitrogens is 4. The molecule has 1 aliphatic rings. The van der Waals surface area contributed by atoms with Crippen molar-refractivity contribution < 1.29 is 9.53 Å². The highest BCUT2D eigenvalue weighted by Crippen LogP contribution is 2.31. The van der Waals surface area contributed by atoms with Crippen LogP contribution < -0.4 is 10.2 Å². The summed E-state index contributed by atoms with van der Waals surface area (Å²) >= 11 is 0. The third-order valence-electron chi connectivity index (χ3n) is 6.20. The zero-order valence-electron chi connectivity index (χ0n) is 19.6. The second kappa shape index (κ2) is 9.30. The number of nitrogens with zero attached hydrogens (tertiary/aromatic N) is 6. The van der Waals surface area contributed by atoms with Gasteiger partial charge in [0.2, 0.25) is 11.9 Å². The van der Waals surface area contributed by atoms with Crippen LogP contribution in [0, 0.1) is 0 Å². The number of para-hydroxylation sites is 1. The molecule has 9 nitrogen and oxygen atoms in total. The van der Waals surface area contributed by atoms with Crippen molar-refractivity contribution in [2.24, 2.45) is 7.05 Å². The summed E-state index contributed by atoms with van der Waals surface area (Å²) in [7, 11) is 6.24. The highest BCUT2D eigenvalue weighted by Gasteiger charge is 2.28. The molecule has 1 aliphatic heterocycles. The molecule has 3 heterocycles. The van der Waals surface area contributed by atoms with Crippen LogP contribution >= 0.6 is 0 Å². The van der Waals surface area contributed by atoms with E-state index in [4.69, 9.17) is 4.74 Å². The van der Waals surface area contributed by atoms with Gasteiger partial charge in [0.1, 0.15) is 0 Å². The van der Waals surface area contributed by atoms with E-state index in [0.29, 0.717) is 25.7 Å². The van der Waals surface area contributed by atoms with Crippen LogP contribution in [0.2, 0.25) is 0 Å². The van der Waals surface area contributed by atoms with Gasteiger partial charge in [0, 0.05) is 68.9 Å². The lowest BCUT2D eigenvalue weighted by Crippen LogP contribution is -2.48. The van der Waals surface area contributed by atoms with Crippen LogP contribution in [0.4, 0.5) is 5.95 Å². The molecular weight excluding hydrogens is 406 g/mol. The molecule has 1 fully saturated rings. The number of carbonyl (C=O) groups is 1. The molecule has 3 aromatic rings. The van der Waals surface area contributed by atoms with E-state index in [-0.39, 0.29) is 12.0 Å². The van der Waals surface area contributed by atoms with E-state index >= 15 is 0 Å². The number of rotatable bonds is 7. The molecule has 32 heavy (non-hydrogen) atoms. The van der Waals surface area contributed by atoms with Crippen molar-refractivity contribution >= 4 is 22.8 Å². The van der Waals surface area contributed by atoms with Crippen molar-refractivity contribution in [1.82, 2.24) is 29.5 Å². The summed E-state index contributed by atoms with van der Waals surface area (Å²) < 4.78 is 10.2. The fourth-order valence-corrected chi connectivity index (χ4v) is 4.13. The maximum Gasteiger partial charge on any atom is 0.227 e. The van der Waals surface area contributed by atoms with Gasteiger partial charge in [-0.3, -0.25) is 9.36 Å². The number of ether oxygens (including phenoxy) is 1. The number of nitrogens with one attached hydrogen (secondary N) is 1. The molecule has 2 aromatic heterocycles. The molecule has 4 rings (SSSR count). The van der Waals surface area contributed by atoms with E-state index in [2.05, 4.69) is 93.0 Å². The average Bonchev–Trinajstić information content (AvgIpc) is 3.33. The highest BCUT2D eigenvalue weighted by atomic mass is 16.5. The summed E-state index contributed by atoms with van der Waals surface area (Å²) in [4.78, 5) is 15.8. The molecule has 0 radical (unpaired) electrons. The van der Waals surface area contributed by atoms with Crippen LogP contribution in [0.25, 0.3) is 22.3 Å². The number of morpholine rings is 1. The fourth-order valence-electron chi connectivity index (χ4n) is 4.13. The Morgan fingerprint density at radius 3 is 2.84 bits per heavy atom. The van der Waals surface area contributed by atoms with Crippen molar-refractivity contribution in [2.45, 2.75) is 32.5 Å². The topological polar surface area (TPSA) is 80.5 Å². The van der Waals surface area contributed by atoms with Gasteiger partial charge < -0.3 is 24.4 Å². The summed E-state index contributed by atoms with van der Waals surface area (Å²) in [6.45, 7) is 6.96. The van der Waals surface area contributed by atoms with Crippen LogP contribution in [-0.2, 0) is 23.1 Å². The molecule has 0 bridgehead atoms. The number of aryl methyl sites for hydroxylation is 1. The third-order valence-corrected chi connectivity index (χ3v) is 6.20. The Morgan fingerprint density at radius 2 is 2.09 bits per heavy atom. The number of hydrogen-bond acceptors (Lipinski definition) is 6. The van der Waals surface area contributed by atoms with Gasteiger partial charge in [0.15, 0.2) is 5.82 Å². The van der Waals surface area contributed by atoms with Gasteiger partial charge in [-0.2, -0.15) is 0 Å². The van der Waals surface area contributed by atoms with Gasteiger partial charge >= 0.3 is 0 Å². The molecule has 9 heteroatoms. The Bertz CT molecular complexity index is 1090. The van der Waals surface area contributed by atoms with E-state index in [1.165, 1.54) is 17.8 Å². The lowest BCUT2D eigenvalue weighted by Gasteiger charge is -2.34. The monoisotopic (exact) mass is 439 g/mol. The Kier molecular flexibility index (Phi) is 6.48.